The molecule has 0 atom stereocenters. The lowest BCUT2D eigenvalue weighted by Crippen LogP contribution is -2.32. The van der Waals surface area contributed by atoms with E-state index in [1.807, 2.05) is 17.0 Å². The van der Waals surface area contributed by atoms with Crippen molar-refractivity contribution < 1.29 is 22.3 Å². The number of nitrogens with one attached hydrogen (secondary N) is 1. The average molecular weight is 455 g/mol. The van der Waals surface area contributed by atoms with E-state index in [1.54, 1.807) is 0 Å². The minimum atomic E-state index is -4.55. The molecule has 0 spiro atoms. The SMILES string of the molecule is N#CCNc1nc(Cl)c(C#N)c2c1CCN(Cc1ccc(OCC(F)(F)F)nc1F)C2. The second-order valence-electron chi connectivity index (χ2n) is 6.67. The van der Waals surface area contributed by atoms with Gasteiger partial charge in [0.25, 0.3) is 0 Å². The summed E-state index contributed by atoms with van der Waals surface area (Å²) in [6.07, 6.45) is -4.07. The Labute approximate surface area is 179 Å². The predicted molar refractivity (Wildman–Crippen MR) is 102 cm³/mol. The molecule has 2 aromatic rings. The molecule has 2 aromatic heterocycles. The normalized spacial score (nSPS) is 13.8. The van der Waals surface area contributed by atoms with Crippen molar-refractivity contribution in [2.24, 2.45) is 0 Å². The molecular formula is C19H15ClF4N6O. The van der Waals surface area contributed by atoms with Gasteiger partial charge in [-0.05, 0) is 18.1 Å². The minimum absolute atomic E-state index is 0.00236. The highest BCUT2D eigenvalue weighted by Gasteiger charge is 2.29. The lowest BCUT2D eigenvalue weighted by Gasteiger charge is -2.30. The van der Waals surface area contributed by atoms with Crippen LogP contribution in [-0.4, -0.2) is 40.7 Å². The Balaban J connectivity index is 1.78. The zero-order chi connectivity index (χ0) is 22.6. The lowest BCUT2D eigenvalue weighted by atomic mass is 9.96. The number of aromatic nitrogens is 2. The van der Waals surface area contributed by atoms with Gasteiger partial charge in [0.15, 0.2) is 6.61 Å². The van der Waals surface area contributed by atoms with Crippen molar-refractivity contribution >= 4 is 17.4 Å². The molecule has 0 saturated carbocycles. The van der Waals surface area contributed by atoms with Gasteiger partial charge in [-0.1, -0.05) is 11.6 Å². The Hall–Kier alpha value is -3.15. The van der Waals surface area contributed by atoms with Crippen LogP contribution < -0.4 is 10.1 Å². The van der Waals surface area contributed by atoms with E-state index in [2.05, 4.69) is 20.0 Å². The van der Waals surface area contributed by atoms with Crippen molar-refractivity contribution in [3.8, 4) is 18.0 Å². The maximum Gasteiger partial charge on any atom is 0.422 e. The first-order chi connectivity index (χ1) is 14.7. The second-order valence-corrected chi connectivity index (χ2v) is 7.03. The number of alkyl halides is 3. The largest absolute Gasteiger partial charge is 0.468 e. The van der Waals surface area contributed by atoms with Crippen LogP contribution in [0.4, 0.5) is 23.4 Å². The van der Waals surface area contributed by atoms with E-state index in [0.717, 1.165) is 5.56 Å². The monoisotopic (exact) mass is 454 g/mol. The van der Waals surface area contributed by atoms with Crippen LogP contribution in [-0.2, 0) is 19.5 Å². The summed E-state index contributed by atoms with van der Waals surface area (Å²) in [5.74, 6) is -0.963. The van der Waals surface area contributed by atoms with E-state index >= 15 is 0 Å². The average Bonchev–Trinajstić information content (AvgIpc) is 2.71. The highest BCUT2D eigenvalue weighted by molar-refractivity contribution is 6.30. The number of halogens is 5. The Bertz CT molecular complexity index is 1060. The van der Waals surface area contributed by atoms with Crippen LogP contribution in [0.5, 0.6) is 5.88 Å². The van der Waals surface area contributed by atoms with Crippen LogP contribution in [0.25, 0.3) is 0 Å². The summed E-state index contributed by atoms with van der Waals surface area (Å²) in [5.41, 5.74) is 1.78. The van der Waals surface area contributed by atoms with Crippen molar-refractivity contribution in [3.05, 3.63) is 45.5 Å². The molecule has 0 bridgehead atoms. The molecule has 3 rings (SSSR count). The molecule has 0 aliphatic carbocycles. The molecule has 7 nitrogen and oxygen atoms in total. The molecule has 12 heteroatoms. The van der Waals surface area contributed by atoms with Gasteiger partial charge in [0, 0.05) is 36.8 Å². The van der Waals surface area contributed by atoms with E-state index in [0.29, 0.717) is 24.3 Å². The third-order valence-electron chi connectivity index (χ3n) is 4.55. The number of fused-ring (bicyclic) bond motifs is 1. The Morgan fingerprint density at radius 2 is 2.00 bits per heavy atom. The summed E-state index contributed by atoms with van der Waals surface area (Å²) in [6, 6.07) is 6.46. The number of hydrogen-bond acceptors (Lipinski definition) is 7. The summed E-state index contributed by atoms with van der Waals surface area (Å²) in [7, 11) is 0. The zero-order valence-electron chi connectivity index (χ0n) is 15.9. The van der Waals surface area contributed by atoms with Crippen molar-refractivity contribution in [1.82, 2.24) is 14.9 Å². The molecule has 0 fully saturated rings. The molecule has 0 amide bonds. The molecule has 0 aromatic carbocycles. The second kappa shape index (κ2) is 9.33. The van der Waals surface area contributed by atoms with Gasteiger partial charge < -0.3 is 10.1 Å². The van der Waals surface area contributed by atoms with Gasteiger partial charge in [0.05, 0.1) is 11.6 Å². The third-order valence-corrected chi connectivity index (χ3v) is 4.83. The van der Waals surface area contributed by atoms with Crippen molar-refractivity contribution in [1.29, 1.82) is 10.5 Å². The standard InChI is InChI=1S/C19H15ClF4N6O/c20-16-13(7-26)14-9-30(6-3-12(14)18(29-16)27-5-4-25)8-11-1-2-15(28-17(11)21)31-10-19(22,23)24/h1-2H,3,5-6,8-10H2,(H,27,29). The summed E-state index contributed by atoms with van der Waals surface area (Å²) in [6.45, 7) is -0.661. The van der Waals surface area contributed by atoms with Crippen LogP contribution >= 0.6 is 11.6 Å². The molecule has 0 unspecified atom stereocenters. The predicted octanol–water partition coefficient (Wildman–Crippen LogP) is 3.58. The first kappa shape index (κ1) is 22.5. The molecule has 162 valence electrons. The molecule has 0 radical (unpaired) electrons. The smallest absolute Gasteiger partial charge is 0.422 e. The highest BCUT2D eigenvalue weighted by atomic mass is 35.5. The van der Waals surface area contributed by atoms with Gasteiger partial charge >= 0.3 is 6.18 Å². The van der Waals surface area contributed by atoms with E-state index in [1.165, 1.54) is 12.1 Å². The quantitative estimate of drug-likeness (QED) is 0.404. The molecule has 1 aliphatic rings. The number of ether oxygens (including phenoxy) is 1. The molecule has 31 heavy (non-hydrogen) atoms. The number of hydrogen-bond donors (Lipinski definition) is 1. The molecule has 1 N–H and O–H groups in total. The van der Waals surface area contributed by atoms with Crippen LogP contribution in [0.15, 0.2) is 12.1 Å². The summed E-state index contributed by atoms with van der Waals surface area (Å²) < 4.78 is 55.5. The summed E-state index contributed by atoms with van der Waals surface area (Å²) in [5, 5.41) is 21.1. The van der Waals surface area contributed by atoms with Crippen LogP contribution in [0.2, 0.25) is 5.15 Å². The fourth-order valence-electron chi connectivity index (χ4n) is 3.22. The highest BCUT2D eigenvalue weighted by Crippen LogP contribution is 2.32. The Morgan fingerprint density at radius 3 is 2.65 bits per heavy atom. The first-order valence-electron chi connectivity index (χ1n) is 9.01. The molecule has 3 heterocycles. The van der Waals surface area contributed by atoms with Gasteiger partial charge in [-0.15, -0.1) is 0 Å². The lowest BCUT2D eigenvalue weighted by molar-refractivity contribution is -0.154. The zero-order valence-corrected chi connectivity index (χ0v) is 16.7. The molecule has 0 saturated heterocycles. The number of nitrogens with zero attached hydrogens (tertiary/aromatic N) is 5. The number of rotatable bonds is 6. The van der Waals surface area contributed by atoms with Crippen LogP contribution in [0.1, 0.15) is 22.3 Å². The van der Waals surface area contributed by atoms with Crippen molar-refractivity contribution in [2.45, 2.75) is 25.7 Å². The summed E-state index contributed by atoms with van der Waals surface area (Å²) >= 11 is 6.12. The maximum absolute atomic E-state index is 14.3. The fourth-order valence-corrected chi connectivity index (χ4v) is 3.46. The third kappa shape index (κ3) is 5.51. The van der Waals surface area contributed by atoms with Gasteiger partial charge in [-0.2, -0.15) is 33.1 Å². The van der Waals surface area contributed by atoms with Crippen molar-refractivity contribution in [3.63, 3.8) is 0 Å². The van der Waals surface area contributed by atoms with Gasteiger partial charge in [-0.25, -0.2) is 4.98 Å². The van der Waals surface area contributed by atoms with E-state index < -0.39 is 24.6 Å². The van der Waals surface area contributed by atoms with Gasteiger partial charge in [-0.3, -0.25) is 4.90 Å². The fraction of sp³-hybridized carbons (Fsp3) is 0.368. The molecular weight excluding hydrogens is 440 g/mol. The number of nitriles is 2. The Morgan fingerprint density at radius 1 is 1.23 bits per heavy atom. The van der Waals surface area contributed by atoms with Gasteiger partial charge in [0.1, 0.15) is 23.6 Å². The number of pyridine rings is 2. The van der Waals surface area contributed by atoms with E-state index in [-0.39, 0.29) is 35.9 Å². The van der Waals surface area contributed by atoms with E-state index in [4.69, 9.17) is 16.9 Å². The van der Waals surface area contributed by atoms with Gasteiger partial charge in [0.2, 0.25) is 11.8 Å². The van der Waals surface area contributed by atoms with Crippen LogP contribution in [0, 0.1) is 28.6 Å². The number of anilines is 1. The molecule has 1 aliphatic heterocycles. The van der Waals surface area contributed by atoms with Crippen LogP contribution in [0.3, 0.4) is 0 Å². The topological polar surface area (TPSA) is 97.9 Å². The van der Waals surface area contributed by atoms with E-state index in [9.17, 15) is 22.8 Å². The Kier molecular flexibility index (Phi) is 6.78. The maximum atomic E-state index is 14.3. The minimum Gasteiger partial charge on any atom is -0.468 e. The summed E-state index contributed by atoms with van der Waals surface area (Å²) in [4.78, 5) is 9.45. The van der Waals surface area contributed by atoms with Crippen molar-refractivity contribution in [2.75, 3.05) is 25.0 Å². The first-order valence-corrected chi connectivity index (χ1v) is 9.39.